The number of unbranched alkanes of at least 4 members (excludes halogenated alkanes) is 1. The minimum Gasteiger partial charge on any atom is -0.359 e. The van der Waals surface area contributed by atoms with Crippen molar-refractivity contribution < 1.29 is 4.79 Å². The number of aromatic nitrogens is 2. The normalized spacial score (nSPS) is 15.1. The number of pyridine rings is 1. The largest absolute Gasteiger partial charge is 0.359 e. The third-order valence-corrected chi connectivity index (χ3v) is 6.64. The van der Waals surface area contributed by atoms with Gasteiger partial charge in [-0.05, 0) is 43.4 Å². The highest BCUT2D eigenvalue weighted by Crippen LogP contribution is 2.24. The second kappa shape index (κ2) is 10.8. The van der Waals surface area contributed by atoms with Crippen LogP contribution in [0.1, 0.15) is 61.1 Å². The molecule has 0 spiro atoms. The molecule has 176 valence electrons. The van der Waals surface area contributed by atoms with Crippen molar-refractivity contribution >= 4 is 17.4 Å². The van der Waals surface area contributed by atoms with Crippen LogP contribution in [0.15, 0.2) is 48.7 Å². The van der Waals surface area contributed by atoms with E-state index in [4.69, 9.17) is 4.98 Å². The van der Waals surface area contributed by atoms with Gasteiger partial charge in [-0.2, -0.15) is 0 Å². The lowest BCUT2D eigenvalue weighted by atomic mass is 10.0. The number of anilines is 1. The number of fused-ring (bicyclic) bond motifs is 1. The van der Waals surface area contributed by atoms with E-state index in [1.807, 2.05) is 18.3 Å². The lowest BCUT2D eigenvalue weighted by molar-refractivity contribution is 0.0908. The summed E-state index contributed by atoms with van der Waals surface area (Å²) >= 11 is 0. The van der Waals surface area contributed by atoms with Crippen molar-refractivity contribution in [2.24, 2.45) is 0 Å². The van der Waals surface area contributed by atoms with E-state index in [-0.39, 0.29) is 11.9 Å². The number of benzene rings is 1. The van der Waals surface area contributed by atoms with Gasteiger partial charge < -0.3 is 10.2 Å². The third-order valence-electron chi connectivity index (χ3n) is 6.64. The number of likely N-dealkylation sites (tertiary alicyclic amines) is 1. The maximum atomic E-state index is 13.1. The monoisotopic (exact) mass is 447 g/mol. The Hall–Kier alpha value is -2.86. The Bertz CT molecular complexity index is 1050. The zero-order valence-corrected chi connectivity index (χ0v) is 20.3. The number of carbonyl (C=O) groups excluding carboxylic acids is 1. The molecule has 33 heavy (non-hydrogen) atoms. The van der Waals surface area contributed by atoms with E-state index in [1.165, 1.54) is 5.56 Å². The number of carbonyl (C=O) groups is 1. The molecule has 1 aliphatic heterocycles. The Balaban J connectivity index is 1.41. The third kappa shape index (κ3) is 5.56. The highest BCUT2D eigenvalue weighted by molar-refractivity contribution is 5.94. The minimum atomic E-state index is 0.00678. The Morgan fingerprint density at radius 1 is 1.12 bits per heavy atom. The van der Waals surface area contributed by atoms with E-state index >= 15 is 0 Å². The van der Waals surface area contributed by atoms with Crippen LogP contribution in [0.5, 0.6) is 0 Å². The van der Waals surface area contributed by atoms with Gasteiger partial charge in [0.15, 0.2) is 0 Å². The molecule has 3 heterocycles. The Morgan fingerprint density at radius 3 is 2.58 bits per heavy atom. The van der Waals surface area contributed by atoms with Crippen LogP contribution in [0, 0.1) is 0 Å². The molecular formula is C27H37N5O. The number of amides is 1. The van der Waals surface area contributed by atoms with Gasteiger partial charge in [-0.25, -0.2) is 4.98 Å². The molecule has 0 saturated carbocycles. The zero-order valence-electron chi connectivity index (χ0n) is 20.3. The van der Waals surface area contributed by atoms with E-state index in [1.54, 1.807) is 0 Å². The number of hydrogen-bond acceptors (Lipinski definition) is 4. The number of hydrogen-bond donors (Lipinski definition) is 1. The smallest absolute Gasteiger partial charge is 0.252 e. The van der Waals surface area contributed by atoms with Crippen LogP contribution in [0.2, 0.25) is 0 Å². The van der Waals surface area contributed by atoms with Gasteiger partial charge in [-0.15, -0.1) is 0 Å². The van der Waals surface area contributed by atoms with Gasteiger partial charge >= 0.3 is 0 Å². The molecular weight excluding hydrogens is 410 g/mol. The van der Waals surface area contributed by atoms with Crippen LogP contribution in [-0.4, -0.2) is 52.9 Å². The zero-order chi connectivity index (χ0) is 23.2. The Morgan fingerprint density at radius 2 is 1.88 bits per heavy atom. The molecule has 6 heteroatoms. The van der Waals surface area contributed by atoms with E-state index < -0.39 is 0 Å². The van der Waals surface area contributed by atoms with Crippen molar-refractivity contribution in [3.05, 3.63) is 65.5 Å². The van der Waals surface area contributed by atoms with Crippen molar-refractivity contribution in [1.82, 2.24) is 19.6 Å². The number of nitrogens with zero attached hydrogens (tertiary/aromatic N) is 4. The summed E-state index contributed by atoms with van der Waals surface area (Å²) in [7, 11) is 2.12. The van der Waals surface area contributed by atoms with Gasteiger partial charge in [0, 0.05) is 45.5 Å². The molecule has 2 aromatic heterocycles. The summed E-state index contributed by atoms with van der Waals surface area (Å²) in [6, 6.07) is 14.7. The molecule has 0 atom stereocenters. The molecule has 1 fully saturated rings. The van der Waals surface area contributed by atoms with E-state index in [0.29, 0.717) is 5.56 Å². The maximum Gasteiger partial charge on any atom is 0.252 e. The summed E-state index contributed by atoms with van der Waals surface area (Å²) in [5, 5.41) is 3.28. The van der Waals surface area contributed by atoms with Crippen molar-refractivity contribution in [3.63, 3.8) is 0 Å². The molecule has 1 aromatic carbocycles. The minimum absolute atomic E-state index is 0.00678. The summed E-state index contributed by atoms with van der Waals surface area (Å²) in [5.41, 5.74) is 4.02. The summed E-state index contributed by atoms with van der Waals surface area (Å²) in [6.07, 6.45) is 7.08. The van der Waals surface area contributed by atoms with Gasteiger partial charge in [-0.3, -0.25) is 14.1 Å². The van der Waals surface area contributed by atoms with Crippen LogP contribution in [0.25, 0.3) is 5.65 Å². The topological polar surface area (TPSA) is 52.9 Å². The first-order chi connectivity index (χ1) is 16.1. The highest BCUT2D eigenvalue weighted by atomic mass is 16.1. The fourth-order valence-corrected chi connectivity index (χ4v) is 4.70. The standard InChI is InChI=1S/C27H37N5O/c1-4-6-16-30(3)27-24(5-2)29-25-13-12-22(20-32(25)27)26(33)28-23-14-17-31(18-15-23)19-21-10-8-7-9-11-21/h7-13,20,23H,4-6,14-19H2,1-3H3,(H,28,33). The Kier molecular flexibility index (Phi) is 7.65. The van der Waals surface area contributed by atoms with Gasteiger partial charge in [0.1, 0.15) is 11.5 Å². The predicted molar refractivity (Wildman–Crippen MR) is 135 cm³/mol. The number of piperidine rings is 1. The first kappa shape index (κ1) is 23.3. The average molecular weight is 448 g/mol. The molecule has 3 aromatic rings. The van der Waals surface area contributed by atoms with Crippen LogP contribution < -0.4 is 10.2 Å². The van der Waals surface area contributed by atoms with Crippen LogP contribution in [0.4, 0.5) is 5.82 Å². The van der Waals surface area contributed by atoms with Crippen molar-refractivity contribution in [2.75, 3.05) is 31.6 Å². The number of imidazole rings is 1. The fourth-order valence-electron chi connectivity index (χ4n) is 4.70. The quantitative estimate of drug-likeness (QED) is 0.524. The van der Waals surface area contributed by atoms with E-state index in [0.717, 1.165) is 75.4 Å². The molecule has 1 aliphatic rings. The Labute approximate surface area is 197 Å². The number of nitrogens with one attached hydrogen (secondary N) is 1. The molecule has 0 radical (unpaired) electrons. The lowest BCUT2D eigenvalue weighted by Crippen LogP contribution is -2.44. The second-order valence-electron chi connectivity index (χ2n) is 9.17. The van der Waals surface area contributed by atoms with E-state index in [2.05, 4.69) is 70.7 Å². The molecule has 1 N–H and O–H groups in total. The first-order valence-corrected chi connectivity index (χ1v) is 12.4. The first-order valence-electron chi connectivity index (χ1n) is 12.4. The molecule has 0 aliphatic carbocycles. The molecule has 4 rings (SSSR count). The SMILES string of the molecule is CCCCN(C)c1c(CC)nc2ccc(C(=O)NC3CCN(Cc4ccccc4)CC3)cn12. The number of rotatable bonds is 9. The average Bonchev–Trinajstić information content (AvgIpc) is 3.22. The van der Waals surface area contributed by atoms with Crippen molar-refractivity contribution in [2.45, 2.75) is 58.5 Å². The number of aryl methyl sites for hydroxylation is 1. The predicted octanol–water partition coefficient (Wildman–Crippen LogP) is 4.53. The molecule has 1 saturated heterocycles. The van der Waals surface area contributed by atoms with Crippen molar-refractivity contribution in [3.8, 4) is 0 Å². The van der Waals surface area contributed by atoms with Crippen molar-refractivity contribution in [1.29, 1.82) is 0 Å². The van der Waals surface area contributed by atoms with Gasteiger partial charge in [0.2, 0.25) is 0 Å². The summed E-state index contributed by atoms with van der Waals surface area (Å²) < 4.78 is 2.09. The van der Waals surface area contributed by atoms with Gasteiger partial charge in [0.05, 0.1) is 11.3 Å². The molecule has 0 unspecified atom stereocenters. The van der Waals surface area contributed by atoms with Crippen LogP contribution >= 0.6 is 0 Å². The lowest BCUT2D eigenvalue weighted by Gasteiger charge is -2.32. The molecule has 1 amide bonds. The molecule has 6 nitrogen and oxygen atoms in total. The highest BCUT2D eigenvalue weighted by Gasteiger charge is 2.22. The van der Waals surface area contributed by atoms with Gasteiger partial charge in [0.25, 0.3) is 5.91 Å². The van der Waals surface area contributed by atoms with Gasteiger partial charge in [-0.1, -0.05) is 50.6 Å². The van der Waals surface area contributed by atoms with E-state index in [9.17, 15) is 4.79 Å². The molecule has 0 bridgehead atoms. The van der Waals surface area contributed by atoms with Crippen LogP contribution in [0.3, 0.4) is 0 Å². The summed E-state index contributed by atoms with van der Waals surface area (Å²) in [6.45, 7) is 8.32. The van der Waals surface area contributed by atoms with Crippen LogP contribution in [-0.2, 0) is 13.0 Å². The summed E-state index contributed by atoms with van der Waals surface area (Å²) in [5.74, 6) is 1.11. The summed E-state index contributed by atoms with van der Waals surface area (Å²) in [4.78, 5) is 22.6. The fraction of sp³-hybridized carbons (Fsp3) is 0.481. The second-order valence-corrected chi connectivity index (χ2v) is 9.17. The maximum absolute atomic E-state index is 13.1.